The van der Waals surface area contributed by atoms with Gasteiger partial charge in [0.1, 0.15) is 11.5 Å². The van der Waals surface area contributed by atoms with Crippen molar-refractivity contribution in [2.75, 3.05) is 0 Å². The fourth-order valence-electron chi connectivity index (χ4n) is 3.58. The molecule has 0 aliphatic carbocycles. The van der Waals surface area contributed by atoms with E-state index in [0.717, 1.165) is 16.8 Å². The Morgan fingerprint density at radius 1 is 0.800 bits per heavy atom. The summed E-state index contributed by atoms with van der Waals surface area (Å²) >= 11 is 6.91. The summed E-state index contributed by atoms with van der Waals surface area (Å²) in [6.45, 7) is 8.62. The van der Waals surface area contributed by atoms with Crippen LogP contribution in [0.15, 0.2) is 60.7 Å². The third-order valence-corrected chi connectivity index (χ3v) is 6.09. The highest BCUT2D eigenvalue weighted by Crippen LogP contribution is 2.38. The quantitative estimate of drug-likeness (QED) is 0.340. The number of rotatable bonds is 4. The maximum absolute atomic E-state index is 14.4. The molecule has 4 aromatic rings. The number of benzene rings is 3. The number of aryl methyl sites for hydroxylation is 4. The van der Waals surface area contributed by atoms with Gasteiger partial charge >= 0.3 is 0 Å². The molecule has 4 rings (SSSR count). The van der Waals surface area contributed by atoms with E-state index in [4.69, 9.17) is 16.7 Å². The molecule has 0 unspecified atom stereocenters. The maximum atomic E-state index is 14.4. The second-order valence-corrected chi connectivity index (χ2v) is 8.24. The molecule has 2 nitrogen and oxygen atoms in total. The Bertz CT molecular complexity index is 1240. The molecular weight excluding hydrogens is 395 g/mol. The molecule has 4 heteroatoms. The lowest BCUT2D eigenvalue weighted by Crippen LogP contribution is -2.06. The first-order valence-corrected chi connectivity index (χ1v) is 10.4. The number of halogens is 2. The van der Waals surface area contributed by atoms with E-state index >= 15 is 0 Å². The second kappa shape index (κ2) is 8.08. The fourth-order valence-corrected chi connectivity index (χ4v) is 3.93. The summed E-state index contributed by atoms with van der Waals surface area (Å²) in [4.78, 5) is 0. The molecular formula is C26H24ClFN2. The van der Waals surface area contributed by atoms with Crippen molar-refractivity contribution in [2.24, 2.45) is 0 Å². The van der Waals surface area contributed by atoms with Crippen molar-refractivity contribution >= 4 is 11.6 Å². The van der Waals surface area contributed by atoms with Crippen LogP contribution in [0.5, 0.6) is 0 Å². The lowest BCUT2D eigenvalue weighted by Gasteiger charge is -2.10. The molecule has 0 N–H and O–H groups in total. The summed E-state index contributed by atoms with van der Waals surface area (Å²) in [6, 6.07) is 19.2. The number of nitrogens with zero attached hydrogens (tertiary/aromatic N) is 2. The van der Waals surface area contributed by atoms with Crippen LogP contribution in [0.25, 0.3) is 22.5 Å². The Morgan fingerprint density at radius 3 is 2.03 bits per heavy atom. The molecule has 1 heterocycles. The van der Waals surface area contributed by atoms with Gasteiger partial charge in [-0.3, -0.25) is 4.68 Å². The zero-order chi connectivity index (χ0) is 21.4. The Labute approximate surface area is 182 Å². The van der Waals surface area contributed by atoms with Gasteiger partial charge in [0.05, 0.1) is 17.3 Å². The van der Waals surface area contributed by atoms with Crippen LogP contribution >= 0.6 is 11.6 Å². The molecule has 0 saturated heterocycles. The zero-order valence-electron chi connectivity index (χ0n) is 17.6. The van der Waals surface area contributed by atoms with Crippen molar-refractivity contribution in [3.8, 4) is 22.5 Å². The van der Waals surface area contributed by atoms with Crippen LogP contribution < -0.4 is 0 Å². The number of hydrogen-bond acceptors (Lipinski definition) is 1. The van der Waals surface area contributed by atoms with Gasteiger partial charge in [0.25, 0.3) is 0 Å². The number of aromatic nitrogens is 2. The van der Waals surface area contributed by atoms with Gasteiger partial charge in [0.15, 0.2) is 0 Å². The largest absolute Gasteiger partial charge is 0.258 e. The predicted molar refractivity (Wildman–Crippen MR) is 123 cm³/mol. The van der Waals surface area contributed by atoms with Crippen molar-refractivity contribution in [1.82, 2.24) is 9.78 Å². The SMILES string of the molecule is Cc1ccc(-c2nn(Cc3ccccc3F)c(-c3ccc(C)c(C)c3)c2Cl)cc1C. The minimum Gasteiger partial charge on any atom is -0.258 e. The Balaban J connectivity index is 1.91. The summed E-state index contributed by atoms with van der Waals surface area (Å²) in [5, 5.41) is 5.42. The van der Waals surface area contributed by atoms with E-state index in [-0.39, 0.29) is 5.82 Å². The monoisotopic (exact) mass is 418 g/mol. The van der Waals surface area contributed by atoms with Crippen LogP contribution in [0.2, 0.25) is 5.02 Å². The smallest absolute Gasteiger partial charge is 0.128 e. The lowest BCUT2D eigenvalue weighted by atomic mass is 10.0. The van der Waals surface area contributed by atoms with Gasteiger partial charge in [0, 0.05) is 16.7 Å². The van der Waals surface area contributed by atoms with Gasteiger partial charge in [-0.1, -0.05) is 54.1 Å². The van der Waals surface area contributed by atoms with E-state index in [9.17, 15) is 4.39 Å². The second-order valence-electron chi connectivity index (χ2n) is 7.86. The number of hydrogen-bond donors (Lipinski definition) is 0. The van der Waals surface area contributed by atoms with E-state index in [1.165, 1.54) is 28.3 Å². The standard InChI is InChI=1S/C26H24ClFN2/c1-16-9-11-20(13-18(16)3)25-24(27)26(21-12-10-17(2)19(4)14-21)30(29-25)15-22-7-5-6-8-23(22)28/h5-14H,15H2,1-4H3. The third kappa shape index (κ3) is 3.78. The van der Waals surface area contributed by atoms with E-state index in [0.29, 0.717) is 22.8 Å². The zero-order valence-corrected chi connectivity index (χ0v) is 18.4. The van der Waals surface area contributed by atoms with E-state index in [2.05, 4.69) is 52.0 Å². The van der Waals surface area contributed by atoms with Crippen LogP contribution in [0, 0.1) is 33.5 Å². The van der Waals surface area contributed by atoms with Crippen LogP contribution in [-0.2, 0) is 6.54 Å². The Morgan fingerprint density at radius 2 is 1.40 bits per heavy atom. The first-order valence-electron chi connectivity index (χ1n) is 10.00. The molecule has 0 atom stereocenters. The average molecular weight is 419 g/mol. The molecule has 0 amide bonds. The van der Waals surface area contributed by atoms with Crippen molar-refractivity contribution in [3.05, 3.63) is 99.3 Å². The first kappa shape index (κ1) is 20.4. The molecule has 1 aromatic heterocycles. The van der Waals surface area contributed by atoms with Gasteiger partial charge in [-0.2, -0.15) is 5.10 Å². The summed E-state index contributed by atoms with van der Waals surface area (Å²) < 4.78 is 16.2. The topological polar surface area (TPSA) is 17.8 Å². The first-order chi connectivity index (χ1) is 14.3. The Hall–Kier alpha value is -2.91. The van der Waals surface area contributed by atoms with Crippen LogP contribution in [0.4, 0.5) is 4.39 Å². The minimum absolute atomic E-state index is 0.247. The highest BCUT2D eigenvalue weighted by molar-refractivity contribution is 6.35. The maximum Gasteiger partial charge on any atom is 0.128 e. The summed E-state index contributed by atoms with van der Waals surface area (Å²) in [5.74, 6) is -0.247. The minimum atomic E-state index is -0.247. The third-order valence-electron chi connectivity index (χ3n) is 5.73. The van der Waals surface area contributed by atoms with Crippen molar-refractivity contribution < 1.29 is 4.39 Å². The van der Waals surface area contributed by atoms with Crippen molar-refractivity contribution in [3.63, 3.8) is 0 Å². The summed E-state index contributed by atoms with van der Waals surface area (Å²) in [7, 11) is 0. The highest BCUT2D eigenvalue weighted by atomic mass is 35.5. The molecule has 152 valence electrons. The molecule has 0 fully saturated rings. The average Bonchev–Trinajstić information content (AvgIpc) is 3.04. The van der Waals surface area contributed by atoms with Gasteiger partial charge in [-0.25, -0.2) is 4.39 Å². The van der Waals surface area contributed by atoms with Gasteiger partial charge in [-0.05, 0) is 68.1 Å². The molecule has 3 aromatic carbocycles. The van der Waals surface area contributed by atoms with Crippen molar-refractivity contribution in [1.29, 1.82) is 0 Å². The summed E-state index contributed by atoms with van der Waals surface area (Å²) in [6.07, 6.45) is 0. The van der Waals surface area contributed by atoms with Gasteiger partial charge in [-0.15, -0.1) is 0 Å². The predicted octanol–water partition coefficient (Wildman–Crippen LogP) is 7.29. The van der Waals surface area contributed by atoms with Crippen molar-refractivity contribution in [2.45, 2.75) is 34.2 Å². The molecule has 0 saturated carbocycles. The summed E-state index contributed by atoms with van der Waals surface area (Å²) in [5.41, 5.74) is 8.81. The molecule has 30 heavy (non-hydrogen) atoms. The fraction of sp³-hybridized carbons (Fsp3) is 0.192. The highest BCUT2D eigenvalue weighted by Gasteiger charge is 2.21. The van der Waals surface area contributed by atoms with Crippen LogP contribution in [-0.4, -0.2) is 9.78 Å². The van der Waals surface area contributed by atoms with Crippen LogP contribution in [0.3, 0.4) is 0 Å². The van der Waals surface area contributed by atoms with E-state index in [1.54, 1.807) is 12.1 Å². The van der Waals surface area contributed by atoms with E-state index < -0.39 is 0 Å². The Kier molecular flexibility index (Phi) is 5.48. The van der Waals surface area contributed by atoms with Gasteiger partial charge < -0.3 is 0 Å². The normalized spacial score (nSPS) is 11.1. The molecule has 0 spiro atoms. The van der Waals surface area contributed by atoms with E-state index in [1.807, 2.05) is 22.9 Å². The van der Waals surface area contributed by atoms with Gasteiger partial charge in [0.2, 0.25) is 0 Å². The molecule has 0 radical (unpaired) electrons. The molecule has 0 aliphatic heterocycles. The van der Waals surface area contributed by atoms with Crippen LogP contribution in [0.1, 0.15) is 27.8 Å². The molecule has 0 bridgehead atoms. The lowest BCUT2D eigenvalue weighted by molar-refractivity contribution is 0.587. The molecule has 0 aliphatic rings.